The van der Waals surface area contributed by atoms with Gasteiger partial charge in [-0.1, -0.05) is 68.8 Å². The van der Waals surface area contributed by atoms with E-state index in [2.05, 4.69) is 100 Å². The number of hydrogen-bond donors (Lipinski definition) is 12. The van der Waals surface area contributed by atoms with E-state index in [9.17, 15) is 85.7 Å². The van der Waals surface area contributed by atoms with Crippen LogP contribution in [0.25, 0.3) is 71.6 Å². The van der Waals surface area contributed by atoms with E-state index in [-0.39, 0.29) is 101 Å². The van der Waals surface area contributed by atoms with Crippen LogP contribution in [0.2, 0.25) is 5.02 Å². The first-order chi connectivity index (χ1) is 57.5. The number of aromatic amines is 4. The average Bonchev–Trinajstić information content (AvgIpc) is 1.60. The van der Waals surface area contributed by atoms with Crippen molar-refractivity contribution in [2.75, 3.05) is 19.9 Å². The van der Waals surface area contributed by atoms with E-state index in [0.29, 0.717) is 60.7 Å². The van der Waals surface area contributed by atoms with E-state index < -0.39 is 101 Å². The number of H-pyrrole nitrogens is 4. The third kappa shape index (κ3) is 17.4. The molecular weight excluding hydrogens is 1750 g/mol. The molecule has 0 spiro atoms. The second-order valence-electron chi connectivity index (χ2n) is 26.3. The summed E-state index contributed by atoms with van der Waals surface area (Å²) in [6.45, 7) is 14.3. The number of para-hydroxylation sites is 5. The third-order valence-electron chi connectivity index (χ3n) is 17.4. The van der Waals surface area contributed by atoms with Gasteiger partial charge < -0.3 is 20.1 Å². The average molecular weight is 1800 g/mol. The number of aromatic nitrogens is 15. The van der Waals surface area contributed by atoms with Crippen LogP contribution < -0.4 is 4.72 Å². The molecule has 0 aliphatic heterocycles. The van der Waals surface area contributed by atoms with E-state index in [1.165, 1.54) is 77.2 Å². The van der Waals surface area contributed by atoms with E-state index in [1.54, 1.807) is 47.0 Å². The van der Waals surface area contributed by atoms with E-state index >= 15 is 0 Å². The molecule has 16 aromatic rings. The number of carboxylic acid groups (broad SMARTS) is 3. The first-order valence-corrected chi connectivity index (χ1v) is 42.7. The number of sulfonamides is 1. The molecular formula is C68H56ClN25O22S6. The van der Waals surface area contributed by atoms with Crippen LogP contribution in [0.4, 0.5) is 50.6 Å². The van der Waals surface area contributed by atoms with Crippen LogP contribution in [-0.4, -0.2) is 192 Å². The predicted molar refractivity (Wildman–Crippen MR) is 431 cm³/mol. The highest BCUT2D eigenvalue weighted by Gasteiger charge is 2.31. The van der Waals surface area contributed by atoms with Crippen molar-refractivity contribution in [3.8, 4) is 0 Å². The van der Waals surface area contributed by atoms with Crippen molar-refractivity contribution in [2.24, 2.45) is 40.9 Å². The number of aromatic carboxylic acids is 3. The van der Waals surface area contributed by atoms with Crippen LogP contribution in [0.15, 0.2) is 194 Å². The summed E-state index contributed by atoms with van der Waals surface area (Å²) < 4.78 is 170. The Morgan fingerprint density at radius 3 is 1.66 bits per heavy atom. The first kappa shape index (κ1) is 85.7. The number of imidazole rings is 4. The summed E-state index contributed by atoms with van der Waals surface area (Å²) >= 11 is 7.09. The van der Waals surface area contributed by atoms with Crippen molar-refractivity contribution < 1.29 is 99.5 Å². The maximum absolute atomic E-state index is 12.3. The smallest absolute Gasteiger partial charge is 0.358 e. The van der Waals surface area contributed by atoms with Gasteiger partial charge in [-0.2, -0.15) is 48.3 Å². The second-order valence-corrected chi connectivity index (χ2v) is 35.2. The van der Waals surface area contributed by atoms with Gasteiger partial charge in [0.25, 0.3) is 46.2 Å². The number of aryl methyl sites for hydroxylation is 2. The van der Waals surface area contributed by atoms with Gasteiger partial charge in [-0.3, -0.25) is 43.3 Å². The standard InChI is InChI=1S/C19H19N5O6S2.C17H13ClN8O5S.C16H13N7O6S2.C16H11N5O5S/c1-19(2,3)17-16(18-20-12-6-4-5-7-14(12)24(18)23-17)22-21-13-10-11(31(25,26)27)8-9-15(13)32(28,29)30;1-19-11-8-20-25(6-7-32(28,29)30)15(11)23-22-12-13(17(27)31-2)24-26-14-9(18)4-3-5-10(14)21-16(12)26;1-6-10(15(24)25)14(30-22-6)20-19-11-12(16(26)27)21-23-9-5-7(31(28,29)17-2)3-4-8(9)18-13(11)23;22-16(23)14-13(15-17-11-6-1-2-7-12(11)21(15)20-14)19-18-9-4-3-5-10(8-9)27(24,25)26/h4-10,23H,1-3H3,(H,25,26,27)(H,28,29,30);3-5,8,24H,6-7H2,2H3,(H,28,29,30);3-5,17,21H,1-2H3,(H,24,25)(H,26,27);1-8,20H,(H,22,23)(H,24,25,26). The highest BCUT2D eigenvalue weighted by molar-refractivity contribution is 7.89. The molecule has 0 amide bonds. The Morgan fingerprint density at radius 2 is 1.08 bits per heavy atom. The van der Waals surface area contributed by atoms with Crippen LogP contribution in [-0.2, 0) is 67.2 Å². The Labute approximate surface area is 691 Å². The largest absolute Gasteiger partial charge is 0.478 e. The second kappa shape index (κ2) is 32.8. The summed E-state index contributed by atoms with van der Waals surface area (Å²) in [5, 5.41) is 75.9. The van der Waals surface area contributed by atoms with Crippen molar-refractivity contribution >= 4 is 215 Å². The SMILES string of the molecule is CC(C)(C)c1[nH]n2c(nc3ccccc32)c1N=Nc1cc(S(=O)(=O)O)ccc1S(=O)(=O)O.CNS(=O)(=O)c1ccc2nc3c(N=Nc4snc(C)c4C(=O)O)c(C(=O)O)[nH]n3c2c1.O=C(O)c1[nH]n2c(nc3ccccc32)c1N=Nc1cccc(S(=O)(=O)O)c1.[C-]#[N+]c1cnn(CCS(=O)(=O)O)c1N=Nc1c(C(=O)OC)[nH]n2c1nc1cccc(Cl)c12. The van der Waals surface area contributed by atoms with Gasteiger partial charge in [-0.05, 0) is 116 Å². The molecule has 0 atom stereocenters. The monoisotopic (exact) mass is 1800 g/mol. The molecule has 0 saturated carbocycles. The molecule has 0 saturated heterocycles. The van der Waals surface area contributed by atoms with E-state index in [1.807, 2.05) is 45.0 Å². The summed E-state index contributed by atoms with van der Waals surface area (Å²) in [6, 6.07) is 31.4. The summed E-state index contributed by atoms with van der Waals surface area (Å²) in [5.41, 5.74) is 5.09. The molecule has 54 heteroatoms. The molecule has 0 fully saturated rings. The number of esters is 1. The lowest BCUT2D eigenvalue weighted by Gasteiger charge is -2.16. The Bertz CT molecular complexity index is 7830. The Hall–Kier alpha value is -14.2. The molecule has 6 aromatic carbocycles. The number of nitrogens with one attached hydrogen (secondary N) is 5. The van der Waals surface area contributed by atoms with Crippen molar-refractivity contribution in [3.63, 3.8) is 0 Å². The number of rotatable bonds is 20. The molecule has 0 unspecified atom stereocenters. The number of carbonyl (C=O) groups excluding carboxylic acids is 1. The number of hydrogen-bond acceptors (Lipinski definition) is 30. The molecule has 12 N–H and O–H groups in total. The summed E-state index contributed by atoms with van der Waals surface area (Å²) in [4.78, 5) is 66.3. The van der Waals surface area contributed by atoms with Gasteiger partial charge >= 0.3 is 23.9 Å². The van der Waals surface area contributed by atoms with Gasteiger partial charge in [0.1, 0.15) is 21.7 Å². The van der Waals surface area contributed by atoms with Gasteiger partial charge in [0.15, 0.2) is 73.2 Å². The quantitative estimate of drug-likeness (QED) is 0.0146. The normalized spacial score (nSPS) is 12.6. The number of halogens is 1. The molecule has 16 rings (SSSR count). The van der Waals surface area contributed by atoms with Gasteiger partial charge in [-0.15, -0.1) is 35.8 Å². The van der Waals surface area contributed by atoms with Crippen molar-refractivity contribution in [2.45, 2.75) is 59.2 Å². The lowest BCUT2D eigenvalue weighted by molar-refractivity contribution is 0.0592. The molecule has 47 nitrogen and oxygen atoms in total. The van der Waals surface area contributed by atoms with E-state index in [4.69, 9.17) is 32.0 Å². The van der Waals surface area contributed by atoms with Gasteiger partial charge in [-0.25, -0.2) is 75.2 Å². The van der Waals surface area contributed by atoms with Crippen molar-refractivity contribution in [1.29, 1.82) is 0 Å². The molecule has 628 valence electrons. The van der Waals surface area contributed by atoms with Crippen molar-refractivity contribution in [3.05, 3.63) is 184 Å². The van der Waals surface area contributed by atoms with Gasteiger partial charge in [0.05, 0.1) is 108 Å². The van der Waals surface area contributed by atoms with Crippen LogP contribution in [0.3, 0.4) is 0 Å². The van der Waals surface area contributed by atoms with Crippen LogP contribution in [0.1, 0.15) is 74.0 Å². The number of methoxy groups -OCH3 is 1. The molecule has 10 heterocycles. The third-order valence-corrected chi connectivity index (χ3v) is 23.2. The Morgan fingerprint density at radius 1 is 0.566 bits per heavy atom. The Kier molecular flexibility index (Phi) is 23.1. The molecule has 0 aliphatic rings. The molecule has 122 heavy (non-hydrogen) atoms. The number of fused-ring (bicyclic) bond motifs is 12. The molecule has 10 aromatic heterocycles. The number of azo groups is 4. The van der Waals surface area contributed by atoms with Crippen molar-refractivity contribution in [1.82, 2.24) is 77.3 Å². The molecule has 0 bridgehead atoms. The zero-order chi connectivity index (χ0) is 88.2. The topological polar surface area (TPSA) is 668 Å². The number of nitrogens with zero attached hydrogens (tertiary/aromatic N) is 20. The van der Waals surface area contributed by atoms with E-state index in [0.717, 1.165) is 46.0 Å². The van der Waals surface area contributed by atoms with Crippen LogP contribution in [0, 0.1) is 13.5 Å². The Balaban J connectivity index is 0.000000140. The lowest BCUT2D eigenvalue weighted by Crippen LogP contribution is -2.18. The molecule has 0 radical (unpaired) electrons. The van der Waals surface area contributed by atoms with Gasteiger partial charge in [0, 0.05) is 5.41 Å². The predicted octanol–water partition coefficient (Wildman–Crippen LogP) is 12.8. The summed E-state index contributed by atoms with van der Waals surface area (Å²) in [7, 11) is -19.3. The number of carboxylic acids is 3. The fraction of sp³-hybridized carbons (Fsp3) is 0.132. The minimum absolute atomic E-state index is 0.000741. The van der Waals surface area contributed by atoms with Crippen LogP contribution in [0.5, 0.6) is 0 Å². The number of carbonyl (C=O) groups is 4. The minimum atomic E-state index is -4.75. The fourth-order valence-corrected chi connectivity index (χ4v) is 15.5. The fourth-order valence-electron chi connectivity index (χ4n) is 11.8. The summed E-state index contributed by atoms with van der Waals surface area (Å²) in [6.07, 6.45) is 1.18. The van der Waals surface area contributed by atoms with Gasteiger partial charge in [0.2, 0.25) is 10.0 Å². The molecule has 0 aliphatic carbocycles. The highest BCUT2D eigenvalue weighted by Crippen LogP contribution is 2.41. The zero-order valence-corrected chi connectivity index (χ0v) is 68.3. The highest BCUT2D eigenvalue weighted by atomic mass is 35.5. The number of benzene rings is 6. The maximum Gasteiger partial charge on any atom is 0.358 e. The summed E-state index contributed by atoms with van der Waals surface area (Å²) in [5.74, 6) is -5.28. The zero-order valence-electron chi connectivity index (χ0n) is 62.6. The van der Waals surface area contributed by atoms with Crippen LogP contribution >= 0.6 is 23.1 Å². The lowest BCUT2D eigenvalue weighted by atomic mass is 9.91. The first-order valence-electron chi connectivity index (χ1n) is 34.1. The number of ether oxygens (including phenoxy) is 1. The maximum atomic E-state index is 12.3. The minimum Gasteiger partial charge on any atom is -0.478 e.